The topological polar surface area (TPSA) is 96.4 Å². The fourth-order valence-corrected chi connectivity index (χ4v) is 3.71. The number of alkyl halides is 3. The summed E-state index contributed by atoms with van der Waals surface area (Å²) in [6.45, 7) is 1.51. The summed E-state index contributed by atoms with van der Waals surface area (Å²) in [5, 5.41) is 4.05. The van der Waals surface area contributed by atoms with Crippen LogP contribution in [-0.2, 0) is 9.84 Å². The molecule has 0 saturated carbocycles. The summed E-state index contributed by atoms with van der Waals surface area (Å²) in [6, 6.07) is 2.45. The molecule has 30 heavy (non-hydrogen) atoms. The van der Waals surface area contributed by atoms with Crippen LogP contribution in [0, 0.1) is 0 Å². The van der Waals surface area contributed by atoms with E-state index in [1.54, 1.807) is 6.07 Å². The maximum absolute atomic E-state index is 13.0. The van der Waals surface area contributed by atoms with E-state index in [4.69, 9.17) is 4.74 Å². The number of ether oxygens (including phenoxy) is 1. The number of methoxy groups -OCH3 is 1. The summed E-state index contributed by atoms with van der Waals surface area (Å²) >= 11 is 3.24. The van der Waals surface area contributed by atoms with E-state index >= 15 is 0 Å². The number of halogens is 4. The molecule has 13 heteroatoms. The van der Waals surface area contributed by atoms with Gasteiger partial charge >= 0.3 is 6.18 Å². The maximum Gasteiger partial charge on any atom is 0.409 e. The van der Waals surface area contributed by atoms with Gasteiger partial charge in [-0.3, -0.25) is 5.01 Å². The highest BCUT2D eigenvalue weighted by molar-refractivity contribution is 9.10. The first-order chi connectivity index (χ1) is 13.9. The normalized spacial score (nSPS) is 17.1. The summed E-state index contributed by atoms with van der Waals surface area (Å²) in [4.78, 5) is 8.37. The van der Waals surface area contributed by atoms with Crippen molar-refractivity contribution in [1.29, 1.82) is 0 Å². The van der Waals surface area contributed by atoms with Crippen molar-refractivity contribution in [3.05, 3.63) is 40.6 Å². The van der Waals surface area contributed by atoms with Crippen molar-refractivity contribution in [2.45, 2.75) is 24.0 Å². The number of allylic oxidation sites excluding steroid dienone is 1. The standard InChI is InChI=1S/C17H17BrF3N5O3S/c1-9-4-14(17(19,20)21)25-26(9)15-13(18)8-22-16(24-15)23-10-5-11(29-2)7-12(6-10)30(3,27)28/h4-8,14,25H,1-3H3,(H,22,23,24). The number of benzene rings is 1. The molecule has 1 aromatic carbocycles. The molecule has 1 aliphatic rings. The number of nitrogens with one attached hydrogen (secondary N) is 2. The minimum atomic E-state index is -4.46. The molecule has 0 fully saturated rings. The summed E-state index contributed by atoms with van der Waals surface area (Å²) < 4.78 is 68.4. The van der Waals surface area contributed by atoms with Gasteiger partial charge in [0.05, 0.1) is 16.5 Å². The van der Waals surface area contributed by atoms with E-state index in [1.807, 2.05) is 0 Å². The Hall–Kier alpha value is -2.38. The molecule has 8 nitrogen and oxygen atoms in total. The predicted molar refractivity (Wildman–Crippen MR) is 108 cm³/mol. The zero-order valence-electron chi connectivity index (χ0n) is 16.0. The lowest BCUT2D eigenvalue weighted by Crippen LogP contribution is -2.45. The van der Waals surface area contributed by atoms with Gasteiger partial charge in [-0.05, 0) is 41.1 Å². The molecule has 0 bridgehead atoms. The van der Waals surface area contributed by atoms with Crippen LogP contribution in [-0.4, -0.2) is 44.0 Å². The Morgan fingerprint density at radius 1 is 1.30 bits per heavy atom. The zero-order chi connectivity index (χ0) is 22.3. The third-order valence-corrected chi connectivity index (χ3v) is 5.77. The molecule has 1 unspecified atom stereocenters. The number of nitrogens with zero attached hydrogens (tertiary/aromatic N) is 3. The number of anilines is 3. The van der Waals surface area contributed by atoms with Crippen molar-refractivity contribution in [1.82, 2.24) is 15.4 Å². The van der Waals surface area contributed by atoms with Gasteiger partial charge in [0.15, 0.2) is 15.7 Å². The van der Waals surface area contributed by atoms with E-state index in [2.05, 4.69) is 36.6 Å². The van der Waals surface area contributed by atoms with Crippen LogP contribution in [0.2, 0.25) is 0 Å². The summed E-state index contributed by atoms with van der Waals surface area (Å²) in [5.74, 6) is 0.496. The van der Waals surface area contributed by atoms with Crippen LogP contribution in [0.1, 0.15) is 6.92 Å². The molecule has 1 aliphatic heterocycles. The van der Waals surface area contributed by atoms with Crippen molar-refractivity contribution in [3.63, 3.8) is 0 Å². The molecule has 0 aliphatic carbocycles. The molecule has 162 valence electrons. The van der Waals surface area contributed by atoms with Gasteiger partial charge in [-0.15, -0.1) is 0 Å². The molecule has 0 amide bonds. The quantitative estimate of drug-likeness (QED) is 0.634. The lowest BCUT2D eigenvalue weighted by Gasteiger charge is -2.23. The first-order valence-electron chi connectivity index (χ1n) is 8.38. The van der Waals surface area contributed by atoms with E-state index < -0.39 is 22.1 Å². The molecule has 0 saturated heterocycles. The third-order valence-electron chi connectivity index (χ3n) is 4.12. The SMILES string of the molecule is COc1cc(Nc2ncc(Br)c(N3NC(C(F)(F)F)C=C3C)n2)cc(S(C)(=O)=O)c1. The van der Waals surface area contributed by atoms with E-state index in [0.29, 0.717) is 21.6 Å². The lowest BCUT2D eigenvalue weighted by atomic mass is 10.3. The first kappa shape index (κ1) is 22.3. The van der Waals surface area contributed by atoms with Gasteiger partial charge in [0.1, 0.15) is 11.8 Å². The monoisotopic (exact) mass is 507 g/mol. The predicted octanol–water partition coefficient (Wildman–Crippen LogP) is 3.55. The minimum Gasteiger partial charge on any atom is -0.497 e. The highest BCUT2D eigenvalue weighted by Gasteiger charge is 2.43. The maximum atomic E-state index is 13.0. The number of hydrazine groups is 1. The van der Waals surface area contributed by atoms with Crippen molar-refractivity contribution >= 4 is 43.2 Å². The highest BCUT2D eigenvalue weighted by atomic mass is 79.9. The molecule has 3 rings (SSSR count). The molecule has 0 spiro atoms. The lowest BCUT2D eigenvalue weighted by molar-refractivity contribution is -0.142. The van der Waals surface area contributed by atoms with Crippen LogP contribution in [0.4, 0.5) is 30.6 Å². The smallest absolute Gasteiger partial charge is 0.409 e. The van der Waals surface area contributed by atoms with Gasteiger partial charge in [0, 0.05) is 29.9 Å². The van der Waals surface area contributed by atoms with Crippen molar-refractivity contribution in [2.75, 3.05) is 23.7 Å². The van der Waals surface area contributed by atoms with Gasteiger partial charge in [-0.2, -0.15) is 18.2 Å². The molecular weight excluding hydrogens is 491 g/mol. The Balaban J connectivity index is 1.93. The van der Waals surface area contributed by atoms with Crippen molar-refractivity contribution in [2.24, 2.45) is 0 Å². The van der Waals surface area contributed by atoms with E-state index in [0.717, 1.165) is 12.3 Å². The van der Waals surface area contributed by atoms with Gasteiger partial charge < -0.3 is 10.1 Å². The summed E-state index contributed by atoms with van der Waals surface area (Å²) in [7, 11) is -2.11. The molecule has 2 aromatic rings. The van der Waals surface area contributed by atoms with E-state index in [1.165, 1.54) is 37.4 Å². The Labute approximate surface area is 179 Å². The Morgan fingerprint density at radius 3 is 2.57 bits per heavy atom. The molecular formula is C17H17BrF3N5O3S. The molecule has 1 aromatic heterocycles. The van der Waals surface area contributed by atoms with Crippen LogP contribution in [0.5, 0.6) is 5.75 Å². The summed E-state index contributed by atoms with van der Waals surface area (Å²) in [5.41, 5.74) is 2.98. The van der Waals surface area contributed by atoms with Gasteiger partial charge in [-0.1, -0.05) is 0 Å². The number of sulfone groups is 1. The first-order valence-corrected chi connectivity index (χ1v) is 11.1. The molecule has 0 radical (unpaired) electrons. The van der Waals surface area contributed by atoms with Crippen LogP contribution >= 0.6 is 15.9 Å². The Kier molecular flexibility index (Phi) is 5.98. The van der Waals surface area contributed by atoms with Crippen molar-refractivity contribution in [3.8, 4) is 5.75 Å². The van der Waals surface area contributed by atoms with Gasteiger partial charge in [-0.25, -0.2) is 18.8 Å². The largest absolute Gasteiger partial charge is 0.497 e. The summed E-state index contributed by atoms with van der Waals surface area (Å²) in [6.07, 6.45) is -0.982. The number of hydrogen-bond donors (Lipinski definition) is 2. The Bertz CT molecular complexity index is 1110. The fourth-order valence-electron chi connectivity index (χ4n) is 2.67. The molecule has 1 atom stereocenters. The van der Waals surface area contributed by atoms with Gasteiger partial charge in [0.2, 0.25) is 5.95 Å². The van der Waals surface area contributed by atoms with Crippen LogP contribution in [0.25, 0.3) is 0 Å². The molecule has 2 N–H and O–H groups in total. The van der Waals surface area contributed by atoms with Crippen LogP contribution < -0.4 is 20.5 Å². The Morgan fingerprint density at radius 2 is 2.00 bits per heavy atom. The second kappa shape index (κ2) is 8.04. The average molecular weight is 508 g/mol. The third kappa shape index (κ3) is 4.84. The zero-order valence-corrected chi connectivity index (χ0v) is 18.4. The highest BCUT2D eigenvalue weighted by Crippen LogP contribution is 2.33. The second-order valence-electron chi connectivity index (χ2n) is 6.45. The number of rotatable bonds is 5. The number of hydrogen-bond acceptors (Lipinski definition) is 8. The average Bonchev–Trinajstić information content (AvgIpc) is 3.04. The fraction of sp³-hybridized carbons (Fsp3) is 0.294. The minimum absolute atomic E-state index is 0.0229. The van der Waals surface area contributed by atoms with E-state index in [-0.39, 0.29) is 16.7 Å². The second-order valence-corrected chi connectivity index (χ2v) is 9.32. The van der Waals surface area contributed by atoms with E-state index in [9.17, 15) is 21.6 Å². The number of aromatic nitrogens is 2. The van der Waals surface area contributed by atoms with Crippen LogP contribution in [0.15, 0.2) is 45.5 Å². The van der Waals surface area contributed by atoms with Crippen molar-refractivity contribution < 1.29 is 26.3 Å². The van der Waals surface area contributed by atoms with Crippen LogP contribution in [0.3, 0.4) is 0 Å². The van der Waals surface area contributed by atoms with Gasteiger partial charge in [0.25, 0.3) is 0 Å². The molecule has 2 heterocycles.